The zero-order valence-electron chi connectivity index (χ0n) is 12.7. The Balaban J connectivity index is 0.00000220. The average Bonchev–Trinajstić information content (AvgIpc) is 2.47. The fourth-order valence-electron chi connectivity index (χ4n) is 2.58. The number of halogens is 1. The predicted molar refractivity (Wildman–Crippen MR) is 86.5 cm³/mol. The third-order valence-electron chi connectivity index (χ3n) is 3.87. The minimum Gasteiger partial charge on any atom is -0.381 e. The van der Waals surface area contributed by atoms with Crippen molar-refractivity contribution in [3.05, 3.63) is 35.4 Å². The van der Waals surface area contributed by atoms with Crippen LogP contribution in [0, 0.1) is 12.8 Å². The van der Waals surface area contributed by atoms with Crippen LogP contribution < -0.4 is 5.73 Å². The van der Waals surface area contributed by atoms with Crippen LogP contribution in [0.5, 0.6) is 0 Å². The molecule has 2 rings (SSSR count). The van der Waals surface area contributed by atoms with Gasteiger partial charge in [-0.15, -0.1) is 12.4 Å². The van der Waals surface area contributed by atoms with Crippen molar-refractivity contribution < 1.29 is 9.53 Å². The number of rotatable bonds is 4. The highest BCUT2D eigenvalue weighted by molar-refractivity contribution is 5.85. The van der Waals surface area contributed by atoms with E-state index in [9.17, 15) is 4.79 Å². The summed E-state index contributed by atoms with van der Waals surface area (Å²) in [4.78, 5) is 14.1. The molecule has 0 aromatic heterocycles. The van der Waals surface area contributed by atoms with Crippen molar-refractivity contribution >= 4 is 18.3 Å². The molecule has 0 radical (unpaired) electrons. The van der Waals surface area contributed by atoms with Crippen LogP contribution in [0.15, 0.2) is 24.3 Å². The third-order valence-corrected chi connectivity index (χ3v) is 3.87. The number of likely N-dealkylation sites (N-methyl/N-ethyl adjacent to an activating group) is 1. The first-order chi connectivity index (χ1) is 9.58. The van der Waals surface area contributed by atoms with Gasteiger partial charge in [0.1, 0.15) is 6.04 Å². The molecule has 1 aliphatic heterocycles. The van der Waals surface area contributed by atoms with Gasteiger partial charge in [0.05, 0.1) is 6.61 Å². The summed E-state index contributed by atoms with van der Waals surface area (Å²) in [7, 11) is 1.82. The first kappa shape index (κ1) is 18.0. The zero-order chi connectivity index (χ0) is 14.5. The molecule has 1 saturated heterocycles. The molecule has 118 valence electrons. The third kappa shape index (κ3) is 4.99. The molecule has 0 aliphatic carbocycles. The first-order valence-corrected chi connectivity index (χ1v) is 7.23. The molecule has 0 spiro atoms. The summed E-state index contributed by atoms with van der Waals surface area (Å²) in [6.45, 7) is 4.33. The molecule has 2 N–H and O–H groups in total. The van der Waals surface area contributed by atoms with E-state index in [2.05, 4.69) is 0 Å². The largest absolute Gasteiger partial charge is 0.381 e. The molecule has 4 nitrogen and oxygen atoms in total. The molecule has 0 bridgehead atoms. The summed E-state index contributed by atoms with van der Waals surface area (Å²) in [5.41, 5.74) is 8.11. The lowest BCUT2D eigenvalue weighted by atomic mass is 10.0. The van der Waals surface area contributed by atoms with E-state index in [1.165, 1.54) is 5.56 Å². The standard InChI is InChI=1S/C16H24N2O2.ClH/c1-12-5-7-14(8-6-12)15(17)16(19)18(2)10-13-4-3-9-20-11-13;/h5-8,13,15H,3-4,9-11,17H2,1-2H3;1H. The molecule has 2 unspecified atom stereocenters. The highest BCUT2D eigenvalue weighted by atomic mass is 35.5. The first-order valence-electron chi connectivity index (χ1n) is 7.23. The van der Waals surface area contributed by atoms with Gasteiger partial charge in [-0.1, -0.05) is 29.8 Å². The van der Waals surface area contributed by atoms with Gasteiger partial charge in [0.25, 0.3) is 0 Å². The number of aryl methyl sites for hydroxylation is 1. The molecule has 1 amide bonds. The van der Waals surface area contributed by atoms with Crippen LogP contribution in [0.2, 0.25) is 0 Å². The number of ether oxygens (including phenoxy) is 1. The maximum Gasteiger partial charge on any atom is 0.243 e. The van der Waals surface area contributed by atoms with Crippen molar-refractivity contribution in [3.63, 3.8) is 0 Å². The van der Waals surface area contributed by atoms with Gasteiger partial charge in [-0.05, 0) is 31.2 Å². The van der Waals surface area contributed by atoms with E-state index in [0.29, 0.717) is 5.92 Å². The normalized spacial score (nSPS) is 19.5. The topological polar surface area (TPSA) is 55.6 Å². The Bertz CT molecular complexity index is 444. The number of carbonyl (C=O) groups is 1. The van der Waals surface area contributed by atoms with Crippen LogP contribution in [-0.2, 0) is 9.53 Å². The summed E-state index contributed by atoms with van der Waals surface area (Å²) >= 11 is 0. The highest BCUT2D eigenvalue weighted by Crippen LogP contribution is 2.18. The maximum absolute atomic E-state index is 12.4. The second-order valence-electron chi connectivity index (χ2n) is 5.69. The van der Waals surface area contributed by atoms with E-state index in [4.69, 9.17) is 10.5 Å². The van der Waals surface area contributed by atoms with Crippen molar-refractivity contribution in [1.29, 1.82) is 0 Å². The lowest BCUT2D eigenvalue weighted by Gasteiger charge is -2.28. The lowest BCUT2D eigenvalue weighted by Crippen LogP contribution is -2.40. The van der Waals surface area contributed by atoms with E-state index >= 15 is 0 Å². The summed E-state index contributed by atoms with van der Waals surface area (Å²) in [6, 6.07) is 7.24. The number of nitrogens with two attached hydrogens (primary N) is 1. The molecule has 21 heavy (non-hydrogen) atoms. The van der Waals surface area contributed by atoms with Gasteiger partial charge in [-0.3, -0.25) is 4.79 Å². The average molecular weight is 313 g/mol. The summed E-state index contributed by atoms with van der Waals surface area (Å²) in [5, 5.41) is 0. The van der Waals surface area contributed by atoms with E-state index in [-0.39, 0.29) is 18.3 Å². The molecule has 1 fully saturated rings. The Kier molecular flexibility index (Phi) is 7.15. The Hall–Kier alpha value is -1.10. The Labute approximate surface area is 133 Å². The van der Waals surface area contributed by atoms with Gasteiger partial charge in [0, 0.05) is 20.2 Å². The predicted octanol–water partition coefficient (Wildman–Crippen LogP) is 2.30. The molecule has 1 aliphatic rings. The maximum atomic E-state index is 12.4. The van der Waals surface area contributed by atoms with Gasteiger partial charge in [-0.2, -0.15) is 0 Å². The lowest BCUT2D eigenvalue weighted by molar-refractivity contribution is -0.132. The molecule has 1 heterocycles. The SMILES string of the molecule is Cc1ccc(C(N)C(=O)N(C)CC2CCCOC2)cc1.Cl. The number of nitrogens with zero attached hydrogens (tertiary/aromatic N) is 1. The van der Waals surface area contributed by atoms with Gasteiger partial charge < -0.3 is 15.4 Å². The molecular weight excluding hydrogens is 288 g/mol. The van der Waals surface area contributed by atoms with Crippen LogP contribution in [0.3, 0.4) is 0 Å². The fraction of sp³-hybridized carbons (Fsp3) is 0.562. The van der Waals surface area contributed by atoms with Crippen LogP contribution in [-0.4, -0.2) is 37.6 Å². The van der Waals surface area contributed by atoms with Crippen molar-refractivity contribution in [2.45, 2.75) is 25.8 Å². The van der Waals surface area contributed by atoms with Crippen molar-refractivity contribution in [2.24, 2.45) is 11.7 Å². The number of benzene rings is 1. The minimum atomic E-state index is -0.579. The summed E-state index contributed by atoms with van der Waals surface area (Å²) < 4.78 is 5.45. The Morgan fingerprint density at radius 2 is 2.10 bits per heavy atom. The van der Waals surface area contributed by atoms with E-state index in [1.807, 2.05) is 38.2 Å². The fourth-order valence-corrected chi connectivity index (χ4v) is 2.58. The minimum absolute atomic E-state index is 0. The van der Waals surface area contributed by atoms with Crippen molar-refractivity contribution in [2.75, 3.05) is 26.8 Å². The van der Waals surface area contributed by atoms with Crippen LogP contribution in [0.1, 0.15) is 30.0 Å². The number of carbonyl (C=O) groups excluding carboxylic acids is 1. The van der Waals surface area contributed by atoms with Crippen LogP contribution in [0.25, 0.3) is 0 Å². The Morgan fingerprint density at radius 3 is 2.67 bits per heavy atom. The highest BCUT2D eigenvalue weighted by Gasteiger charge is 2.23. The molecule has 2 atom stereocenters. The summed E-state index contributed by atoms with van der Waals surface area (Å²) in [5.74, 6) is 0.405. The smallest absolute Gasteiger partial charge is 0.243 e. The van der Waals surface area contributed by atoms with Gasteiger partial charge >= 0.3 is 0 Å². The van der Waals surface area contributed by atoms with E-state index < -0.39 is 6.04 Å². The number of amides is 1. The second kappa shape index (κ2) is 8.37. The van der Waals surface area contributed by atoms with Crippen molar-refractivity contribution in [1.82, 2.24) is 4.90 Å². The van der Waals surface area contributed by atoms with E-state index in [1.54, 1.807) is 4.90 Å². The monoisotopic (exact) mass is 312 g/mol. The molecule has 0 saturated carbocycles. The quantitative estimate of drug-likeness (QED) is 0.928. The van der Waals surface area contributed by atoms with E-state index in [0.717, 1.165) is 38.2 Å². The van der Waals surface area contributed by atoms with Crippen LogP contribution >= 0.6 is 12.4 Å². The zero-order valence-corrected chi connectivity index (χ0v) is 13.6. The molecular formula is C16H25ClN2O2. The summed E-state index contributed by atoms with van der Waals surface area (Å²) in [6.07, 6.45) is 2.20. The van der Waals surface area contributed by atoms with Crippen molar-refractivity contribution in [3.8, 4) is 0 Å². The molecule has 1 aromatic carbocycles. The molecule has 1 aromatic rings. The van der Waals surface area contributed by atoms with Gasteiger partial charge in [-0.25, -0.2) is 0 Å². The Morgan fingerprint density at radius 1 is 1.43 bits per heavy atom. The number of hydrogen-bond donors (Lipinski definition) is 1. The second-order valence-corrected chi connectivity index (χ2v) is 5.69. The van der Waals surface area contributed by atoms with Gasteiger partial charge in [0.2, 0.25) is 5.91 Å². The van der Waals surface area contributed by atoms with Gasteiger partial charge in [0.15, 0.2) is 0 Å². The molecule has 5 heteroatoms. The number of hydrogen-bond acceptors (Lipinski definition) is 3. The van der Waals surface area contributed by atoms with Crippen LogP contribution in [0.4, 0.5) is 0 Å².